The van der Waals surface area contributed by atoms with Crippen LogP contribution in [0.25, 0.3) is 11.0 Å². The number of para-hydroxylation sites is 1. The Morgan fingerprint density at radius 3 is 2.94 bits per heavy atom. The number of imidazole rings is 1. The lowest BCUT2D eigenvalue weighted by atomic mass is 10.3. The summed E-state index contributed by atoms with van der Waals surface area (Å²) in [6.45, 7) is 4.08. The Morgan fingerprint density at radius 1 is 1.41 bits per heavy atom. The lowest BCUT2D eigenvalue weighted by Crippen LogP contribution is -2.08. The molecule has 0 bridgehead atoms. The van der Waals surface area contributed by atoms with Gasteiger partial charge in [0.05, 0.1) is 23.0 Å². The highest BCUT2D eigenvalue weighted by atomic mass is 35.5. The van der Waals surface area contributed by atoms with E-state index in [1.165, 1.54) is 0 Å². The van der Waals surface area contributed by atoms with Crippen molar-refractivity contribution >= 4 is 34.2 Å². The van der Waals surface area contributed by atoms with Crippen molar-refractivity contribution in [3.8, 4) is 0 Å². The Balaban J connectivity index is 2.40. The number of alkyl halides is 1. The number of hydrogen-bond acceptors (Lipinski definition) is 2. The van der Waals surface area contributed by atoms with Crippen LogP contribution in [0.2, 0.25) is 5.02 Å². The van der Waals surface area contributed by atoms with E-state index in [4.69, 9.17) is 27.9 Å². The molecule has 0 spiro atoms. The number of halogens is 2. The second kappa shape index (κ2) is 5.71. The largest absolute Gasteiger partial charge is 0.380 e. The molecule has 1 aromatic carbocycles. The van der Waals surface area contributed by atoms with Gasteiger partial charge in [0, 0.05) is 13.2 Å². The molecule has 2 rings (SSSR count). The van der Waals surface area contributed by atoms with Gasteiger partial charge in [-0.05, 0) is 19.1 Å². The van der Waals surface area contributed by atoms with E-state index in [1.54, 1.807) is 0 Å². The summed E-state index contributed by atoms with van der Waals surface area (Å²) in [7, 11) is 0. The second-order valence-electron chi connectivity index (χ2n) is 3.62. The van der Waals surface area contributed by atoms with E-state index in [-0.39, 0.29) is 0 Å². The number of hydrogen-bond donors (Lipinski definition) is 0. The van der Waals surface area contributed by atoms with Crippen LogP contribution in [0.4, 0.5) is 0 Å². The molecule has 0 amide bonds. The molecule has 3 nitrogen and oxygen atoms in total. The topological polar surface area (TPSA) is 27.1 Å². The van der Waals surface area contributed by atoms with Crippen molar-refractivity contribution in [3.05, 3.63) is 29.0 Å². The maximum absolute atomic E-state index is 6.11. The Bertz CT molecular complexity index is 510. The van der Waals surface area contributed by atoms with Crippen molar-refractivity contribution in [2.45, 2.75) is 19.3 Å². The van der Waals surface area contributed by atoms with Crippen LogP contribution in [0.3, 0.4) is 0 Å². The molecule has 1 heterocycles. The maximum atomic E-state index is 6.11. The van der Waals surface area contributed by atoms with Crippen molar-refractivity contribution in [1.82, 2.24) is 9.55 Å². The monoisotopic (exact) mass is 272 g/mol. The molecular weight excluding hydrogens is 259 g/mol. The third-order valence-corrected chi connectivity index (χ3v) is 3.14. The molecule has 5 heteroatoms. The first kappa shape index (κ1) is 12.7. The van der Waals surface area contributed by atoms with Gasteiger partial charge in [0.15, 0.2) is 0 Å². The Morgan fingerprint density at radius 2 is 2.24 bits per heavy atom. The summed E-state index contributed by atoms with van der Waals surface area (Å²) >= 11 is 12.0. The first-order chi connectivity index (χ1) is 8.27. The normalized spacial score (nSPS) is 11.2. The van der Waals surface area contributed by atoms with Crippen molar-refractivity contribution in [3.63, 3.8) is 0 Å². The third kappa shape index (κ3) is 2.57. The number of nitrogens with zero attached hydrogens (tertiary/aromatic N) is 2. The number of ether oxygens (including phenoxy) is 1. The summed E-state index contributed by atoms with van der Waals surface area (Å²) in [6, 6.07) is 5.75. The zero-order valence-electron chi connectivity index (χ0n) is 9.62. The van der Waals surface area contributed by atoms with Crippen LogP contribution in [-0.2, 0) is 17.2 Å². The lowest BCUT2D eigenvalue weighted by Gasteiger charge is -2.07. The number of rotatable bonds is 5. The Kier molecular flexibility index (Phi) is 4.26. The number of aromatic nitrogens is 2. The van der Waals surface area contributed by atoms with Crippen LogP contribution in [0.15, 0.2) is 18.2 Å². The average molecular weight is 273 g/mol. The standard InChI is InChI=1S/C12H14Cl2N2O/c1-2-17-7-6-16-10-5-3-4-9(14)12(10)15-11(16)8-13/h3-5H,2,6-8H2,1H3. The van der Waals surface area contributed by atoms with Crippen LogP contribution in [-0.4, -0.2) is 22.8 Å². The lowest BCUT2D eigenvalue weighted by molar-refractivity contribution is 0.139. The van der Waals surface area contributed by atoms with E-state index in [1.807, 2.05) is 25.1 Å². The molecule has 0 fully saturated rings. The van der Waals surface area contributed by atoms with Gasteiger partial charge in [-0.25, -0.2) is 4.98 Å². The summed E-state index contributed by atoms with van der Waals surface area (Å²) in [5, 5.41) is 0.657. The van der Waals surface area contributed by atoms with E-state index in [0.717, 1.165) is 23.4 Å². The highest BCUT2D eigenvalue weighted by Crippen LogP contribution is 2.24. The highest BCUT2D eigenvalue weighted by Gasteiger charge is 2.11. The van der Waals surface area contributed by atoms with Gasteiger partial charge >= 0.3 is 0 Å². The molecule has 0 saturated heterocycles. The van der Waals surface area contributed by atoms with Crippen molar-refractivity contribution in [2.24, 2.45) is 0 Å². The third-order valence-electron chi connectivity index (χ3n) is 2.59. The molecule has 0 unspecified atom stereocenters. The molecule has 0 radical (unpaired) electrons. The molecule has 0 aliphatic carbocycles. The van der Waals surface area contributed by atoms with Crippen molar-refractivity contribution in [1.29, 1.82) is 0 Å². The molecule has 0 aliphatic rings. The quantitative estimate of drug-likeness (QED) is 0.616. The van der Waals surface area contributed by atoms with E-state index in [9.17, 15) is 0 Å². The summed E-state index contributed by atoms with van der Waals surface area (Å²) < 4.78 is 7.42. The summed E-state index contributed by atoms with van der Waals surface area (Å²) in [5.74, 6) is 1.20. The first-order valence-electron chi connectivity index (χ1n) is 5.55. The molecule has 17 heavy (non-hydrogen) atoms. The minimum atomic E-state index is 0.372. The number of fused-ring (bicyclic) bond motifs is 1. The summed E-state index contributed by atoms with van der Waals surface area (Å²) in [6.07, 6.45) is 0. The van der Waals surface area contributed by atoms with Gasteiger partial charge in [-0.2, -0.15) is 0 Å². The minimum absolute atomic E-state index is 0.372. The SMILES string of the molecule is CCOCCn1c(CCl)nc2c(Cl)cccc21. The van der Waals surface area contributed by atoms with E-state index in [0.29, 0.717) is 24.1 Å². The fourth-order valence-electron chi connectivity index (χ4n) is 1.81. The molecule has 2 aromatic rings. The summed E-state index contributed by atoms with van der Waals surface area (Å²) in [5.41, 5.74) is 1.81. The summed E-state index contributed by atoms with van der Waals surface area (Å²) in [4.78, 5) is 4.45. The highest BCUT2D eigenvalue weighted by molar-refractivity contribution is 6.34. The first-order valence-corrected chi connectivity index (χ1v) is 6.46. The Hall–Kier alpha value is -0.770. The van der Waals surface area contributed by atoms with Crippen LogP contribution in [0.1, 0.15) is 12.7 Å². The van der Waals surface area contributed by atoms with Crippen LogP contribution in [0.5, 0.6) is 0 Å². The van der Waals surface area contributed by atoms with Crippen molar-refractivity contribution in [2.75, 3.05) is 13.2 Å². The van der Waals surface area contributed by atoms with E-state index < -0.39 is 0 Å². The predicted molar refractivity (Wildman–Crippen MR) is 70.8 cm³/mol. The molecule has 0 atom stereocenters. The zero-order valence-corrected chi connectivity index (χ0v) is 11.1. The smallest absolute Gasteiger partial charge is 0.124 e. The van der Waals surface area contributed by atoms with Gasteiger partial charge in [-0.15, -0.1) is 11.6 Å². The van der Waals surface area contributed by atoms with Gasteiger partial charge < -0.3 is 9.30 Å². The predicted octanol–water partition coefficient (Wildman–Crippen LogP) is 3.47. The van der Waals surface area contributed by atoms with Gasteiger partial charge in [0.25, 0.3) is 0 Å². The molecule has 1 aromatic heterocycles. The van der Waals surface area contributed by atoms with Crippen LogP contribution < -0.4 is 0 Å². The van der Waals surface area contributed by atoms with Crippen LogP contribution in [0, 0.1) is 0 Å². The minimum Gasteiger partial charge on any atom is -0.380 e. The van der Waals surface area contributed by atoms with Gasteiger partial charge in [-0.3, -0.25) is 0 Å². The molecule has 92 valence electrons. The number of benzene rings is 1. The Labute approximate surface area is 110 Å². The van der Waals surface area contributed by atoms with Gasteiger partial charge in [0.1, 0.15) is 11.3 Å². The molecule has 0 N–H and O–H groups in total. The van der Waals surface area contributed by atoms with Gasteiger partial charge in [-0.1, -0.05) is 17.7 Å². The van der Waals surface area contributed by atoms with E-state index in [2.05, 4.69) is 9.55 Å². The van der Waals surface area contributed by atoms with Crippen molar-refractivity contribution < 1.29 is 4.74 Å². The van der Waals surface area contributed by atoms with Crippen LogP contribution >= 0.6 is 23.2 Å². The maximum Gasteiger partial charge on any atom is 0.124 e. The fourth-order valence-corrected chi connectivity index (χ4v) is 2.23. The average Bonchev–Trinajstić information content (AvgIpc) is 2.70. The van der Waals surface area contributed by atoms with Gasteiger partial charge in [0.2, 0.25) is 0 Å². The molecular formula is C12H14Cl2N2O. The molecule has 0 aliphatic heterocycles. The molecule has 0 saturated carbocycles. The van der Waals surface area contributed by atoms with E-state index >= 15 is 0 Å². The fraction of sp³-hybridized carbons (Fsp3) is 0.417. The second-order valence-corrected chi connectivity index (χ2v) is 4.29. The zero-order chi connectivity index (χ0) is 12.3.